The van der Waals surface area contributed by atoms with Crippen LogP contribution < -0.4 is 10.1 Å². The first-order chi connectivity index (χ1) is 17.1. The average molecular weight is 475 g/mol. The lowest BCUT2D eigenvalue weighted by molar-refractivity contribution is 0.0471. The molecule has 1 saturated heterocycles. The summed E-state index contributed by atoms with van der Waals surface area (Å²) in [6.45, 7) is 1.33. The third-order valence-corrected chi connectivity index (χ3v) is 6.02. The predicted octanol–water partition coefficient (Wildman–Crippen LogP) is 5.11. The maximum absolute atomic E-state index is 13.8. The van der Waals surface area contributed by atoms with Gasteiger partial charge in [-0.1, -0.05) is 18.2 Å². The SMILES string of the molecule is COc1cccc(C(=O)Nc2c(C(=O)N(Cc3ccco3)C[C@H]3CCCO3)oc3ccccc23)c1. The molecule has 1 fully saturated rings. The Morgan fingerprint density at radius 2 is 2.00 bits per heavy atom. The predicted molar refractivity (Wildman–Crippen MR) is 130 cm³/mol. The molecule has 4 aromatic rings. The van der Waals surface area contributed by atoms with Crippen LogP contribution in [-0.2, 0) is 11.3 Å². The number of hydrogen-bond acceptors (Lipinski definition) is 6. The zero-order valence-electron chi connectivity index (χ0n) is 19.4. The zero-order valence-corrected chi connectivity index (χ0v) is 19.4. The Morgan fingerprint density at radius 3 is 2.77 bits per heavy atom. The largest absolute Gasteiger partial charge is 0.497 e. The molecule has 0 radical (unpaired) electrons. The molecule has 1 aliphatic heterocycles. The van der Waals surface area contributed by atoms with Crippen molar-refractivity contribution < 1.29 is 27.9 Å². The Bertz CT molecular complexity index is 1320. The number of nitrogens with one attached hydrogen (secondary N) is 1. The fourth-order valence-electron chi connectivity index (χ4n) is 4.26. The average Bonchev–Trinajstić information content (AvgIpc) is 3.66. The van der Waals surface area contributed by atoms with E-state index in [1.165, 1.54) is 0 Å². The number of hydrogen-bond donors (Lipinski definition) is 1. The lowest BCUT2D eigenvalue weighted by Crippen LogP contribution is -2.37. The Kier molecular flexibility index (Phi) is 6.54. The van der Waals surface area contributed by atoms with E-state index >= 15 is 0 Å². The van der Waals surface area contributed by atoms with Crippen LogP contribution in [0.15, 0.2) is 75.8 Å². The Hall–Kier alpha value is -4.04. The summed E-state index contributed by atoms with van der Waals surface area (Å²) in [6, 6.07) is 17.7. The van der Waals surface area contributed by atoms with E-state index in [1.807, 2.05) is 24.3 Å². The summed E-state index contributed by atoms with van der Waals surface area (Å²) in [5.41, 5.74) is 1.24. The molecule has 1 N–H and O–H groups in total. The minimum Gasteiger partial charge on any atom is -0.497 e. The second-order valence-electron chi connectivity index (χ2n) is 8.39. The summed E-state index contributed by atoms with van der Waals surface area (Å²) in [5, 5.41) is 3.54. The van der Waals surface area contributed by atoms with Gasteiger partial charge in [-0.05, 0) is 55.3 Å². The molecule has 180 valence electrons. The molecule has 8 heteroatoms. The van der Waals surface area contributed by atoms with Crippen LogP contribution in [0.1, 0.15) is 39.5 Å². The minimum atomic E-state index is -0.374. The minimum absolute atomic E-state index is 0.0619. The fourth-order valence-corrected chi connectivity index (χ4v) is 4.26. The molecule has 2 aromatic carbocycles. The number of carbonyl (C=O) groups is 2. The van der Waals surface area contributed by atoms with Gasteiger partial charge in [-0.15, -0.1) is 0 Å². The van der Waals surface area contributed by atoms with Crippen LogP contribution in [0.25, 0.3) is 11.0 Å². The number of rotatable bonds is 8. The van der Waals surface area contributed by atoms with Crippen LogP contribution in [0.3, 0.4) is 0 Å². The summed E-state index contributed by atoms with van der Waals surface area (Å²) in [5.74, 6) is 0.545. The number of anilines is 1. The summed E-state index contributed by atoms with van der Waals surface area (Å²) in [6.07, 6.45) is 3.35. The number of para-hydroxylation sites is 1. The smallest absolute Gasteiger partial charge is 0.292 e. The van der Waals surface area contributed by atoms with Gasteiger partial charge >= 0.3 is 0 Å². The van der Waals surface area contributed by atoms with Crippen LogP contribution in [0.5, 0.6) is 5.75 Å². The highest BCUT2D eigenvalue weighted by Gasteiger charge is 2.30. The van der Waals surface area contributed by atoms with Crippen molar-refractivity contribution in [2.45, 2.75) is 25.5 Å². The van der Waals surface area contributed by atoms with Crippen LogP contribution in [0.2, 0.25) is 0 Å². The second kappa shape index (κ2) is 10.1. The Balaban J connectivity index is 1.49. The van der Waals surface area contributed by atoms with E-state index in [4.69, 9.17) is 18.3 Å². The standard InChI is InChI=1S/C27H26N2O6/c1-32-19-8-4-7-18(15-19)26(30)28-24-22-11-2-3-12-23(22)35-25(24)27(31)29(16-20-9-5-13-33-20)17-21-10-6-14-34-21/h2-5,7-9,11-13,15,21H,6,10,14,16-17H2,1H3,(H,28,30)/t21-/m1/s1. The van der Waals surface area contributed by atoms with Gasteiger partial charge in [-0.2, -0.15) is 0 Å². The van der Waals surface area contributed by atoms with E-state index in [-0.39, 0.29) is 30.2 Å². The van der Waals surface area contributed by atoms with E-state index in [0.717, 1.165) is 12.8 Å². The number of methoxy groups -OCH3 is 1. The van der Waals surface area contributed by atoms with Gasteiger partial charge in [0.1, 0.15) is 22.8 Å². The lowest BCUT2D eigenvalue weighted by atomic mass is 10.1. The topological polar surface area (TPSA) is 94.2 Å². The van der Waals surface area contributed by atoms with Gasteiger partial charge in [-0.25, -0.2) is 0 Å². The van der Waals surface area contributed by atoms with E-state index < -0.39 is 0 Å². The molecule has 0 spiro atoms. The molecule has 35 heavy (non-hydrogen) atoms. The molecule has 0 unspecified atom stereocenters. The maximum Gasteiger partial charge on any atom is 0.292 e. The normalized spacial score (nSPS) is 15.3. The van der Waals surface area contributed by atoms with Crippen molar-refractivity contribution in [1.82, 2.24) is 4.90 Å². The maximum atomic E-state index is 13.8. The number of furan rings is 2. The van der Waals surface area contributed by atoms with Crippen molar-refractivity contribution in [2.24, 2.45) is 0 Å². The molecule has 2 aromatic heterocycles. The van der Waals surface area contributed by atoms with Gasteiger partial charge in [-0.3, -0.25) is 9.59 Å². The number of nitrogens with zero attached hydrogens (tertiary/aromatic N) is 1. The van der Waals surface area contributed by atoms with Crippen molar-refractivity contribution in [3.8, 4) is 5.75 Å². The zero-order chi connectivity index (χ0) is 24.2. The van der Waals surface area contributed by atoms with Crippen LogP contribution in [0.4, 0.5) is 5.69 Å². The van der Waals surface area contributed by atoms with Crippen molar-refractivity contribution in [1.29, 1.82) is 0 Å². The summed E-state index contributed by atoms with van der Waals surface area (Å²) in [7, 11) is 1.54. The molecule has 2 amide bonds. The van der Waals surface area contributed by atoms with Crippen LogP contribution in [0, 0.1) is 0 Å². The van der Waals surface area contributed by atoms with Gasteiger partial charge in [0, 0.05) is 24.1 Å². The third-order valence-electron chi connectivity index (χ3n) is 6.02. The molecular weight excluding hydrogens is 448 g/mol. The monoisotopic (exact) mass is 474 g/mol. The van der Waals surface area contributed by atoms with Gasteiger partial charge in [0.2, 0.25) is 5.76 Å². The highest BCUT2D eigenvalue weighted by molar-refractivity contribution is 6.14. The molecule has 8 nitrogen and oxygen atoms in total. The van der Waals surface area contributed by atoms with Gasteiger partial charge in [0.05, 0.1) is 26.0 Å². The van der Waals surface area contributed by atoms with E-state index in [1.54, 1.807) is 54.7 Å². The number of amides is 2. The molecule has 0 aliphatic carbocycles. The Morgan fingerprint density at radius 1 is 1.11 bits per heavy atom. The molecule has 0 bridgehead atoms. The van der Waals surface area contributed by atoms with E-state index in [0.29, 0.717) is 46.9 Å². The number of benzene rings is 2. The first kappa shape index (κ1) is 22.7. The number of carbonyl (C=O) groups excluding carboxylic acids is 2. The third kappa shape index (κ3) is 4.93. The van der Waals surface area contributed by atoms with Crippen LogP contribution >= 0.6 is 0 Å². The lowest BCUT2D eigenvalue weighted by Gasteiger charge is -2.24. The van der Waals surface area contributed by atoms with E-state index in [2.05, 4.69) is 5.32 Å². The molecular formula is C27H26N2O6. The first-order valence-electron chi connectivity index (χ1n) is 11.5. The van der Waals surface area contributed by atoms with Gasteiger partial charge in [0.25, 0.3) is 11.8 Å². The second-order valence-corrected chi connectivity index (χ2v) is 8.39. The molecule has 3 heterocycles. The molecule has 5 rings (SSSR count). The fraction of sp³-hybridized carbons (Fsp3) is 0.259. The molecule has 1 aliphatic rings. The molecule has 1 atom stereocenters. The van der Waals surface area contributed by atoms with Gasteiger partial charge in [0.15, 0.2) is 0 Å². The van der Waals surface area contributed by atoms with Crippen molar-refractivity contribution in [3.05, 3.63) is 84.0 Å². The van der Waals surface area contributed by atoms with Gasteiger partial charge < -0.3 is 28.5 Å². The number of fused-ring (bicyclic) bond motifs is 1. The summed E-state index contributed by atoms with van der Waals surface area (Å²) < 4.78 is 22.5. The molecule has 0 saturated carbocycles. The highest BCUT2D eigenvalue weighted by Crippen LogP contribution is 2.33. The summed E-state index contributed by atoms with van der Waals surface area (Å²) >= 11 is 0. The van der Waals surface area contributed by atoms with Crippen molar-refractivity contribution >= 4 is 28.5 Å². The highest BCUT2D eigenvalue weighted by atomic mass is 16.5. The van der Waals surface area contributed by atoms with E-state index in [9.17, 15) is 9.59 Å². The van der Waals surface area contributed by atoms with Crippen molar-refractivity contribution in [3.63, 3.8) is 0 Å². The Labute approximate surface area is 202 Å². The van der Waals surface area contributed by atoms with Crippen LogP contribution in [-0.4, -0.2) is 43.1 Å². The summed E-state index contributed by atoms with van der Waals surface area (Å²) in [4.78, 5) is 28.6. The van der Waals surface area contributed by atoms with Crippen molar-refractivity contribution in [2.75, 3.05) is 25.6 Å². The first-order valence-corrected chi connectivity index (χ1v) is 11.5. The quantitative estimate of drug-likeness (QED) is 0.382. The number of ether oxygens (including phenoxy) is 2.